The van der Waals surface area contributed by atoms with Crippen LogP contribution >= 0.6 is 0 Å². The van der Waals surface area contributed by atoms with Gasteiger partial charge in [0.2, 0.25) is 0 Å². The van der Waals surface area contributed by atoms with E-state index in [9.17, 15) is 9.59 Å². The number of ether oxygens (including phenoxy) is 2. The molecular formula is C46H76N2O4. The molecule has 0 atom stereocenters. The zero-order chi connectivity index (χ0) is 37.5. The van der Waals surface area contributed by atoms with E-state index in [-0.39, 0.29) is 25.2 Å². The molecule has 0 aliphatic rings. The van der Waals surface area contributed by atoms with Crippen LogP contribution in [0.3, 0.4) is 0 Å². The molecule has 0 N–H and O–H groups in total. The summed E-state index contributed by atoms with van der Waals surface area (Å²) >= 11 is 0. The molecule has 0 amide bonds. The second kappa shape index (κ2) is 30.7. The Balaban J connectivity index is 1.89. The van der Waals surface area contributed by atoms with Crippen molar-refractivity contribution in [2.45, 2.75) is 169 Å². The first kappa shape index (κ1) is 45.5. The van der Waals surface area contributed by atoms with Gasteiger partial charge >= 0.3 is 11.9 Å². The fourth-order valence-corrected chi connectivity index (χ4v) is 6.76. The van der Waals surface area contributed by atoms with Gasteiger partial charge in [0.05, 0.1) is 13.1 Å². The van der Waals surface area contributed by atoms with Crippen molar-refractivity contribution in [3.63, 3.8) is 0 Å². The van der Waals surface area contributed by atoms with Crippen LogP contribution in [0.5, 0.6) is 0 Å². The van der Waals surface area contributed by atoms with Gasteiger partial charge in [-0.3, -0.25) is 19.4 Å². The first-order chi connectivity index (χ1) is 25.5. The SMILES string of the molecule is CCCCCCCN(CCCCCCC)CC(=O)OCc1cccc(-c2cccc(COC(=O)CN(CCCCCCC)CCCCCCC)c2)c1. The smallest absolute Gasteiger partial charge is 0.320 e. The molecule has 0 heterocycles. The standard InChI is InChI=1S/C46H76N2O4/c1-5-9-13-17-21-31-47(32-22-18-14-10-6-2)37-45(49)51-39-41-27-25-29-43(35-41)44-30-26-28-42(36-44)40-52-46(50)38-48(33-23-19-15-11-7-3)34-24-20-16-12-8-4/h25-30,35-36H,5-24,31-34,37-40H2,1-4H3. The van der Waals surface area contributed by atoms with Crippen LogP contribution in [0, 0.1) is 0 Å². The van der Waals surface area contributed by atoms with Crippen LogP contribution in [0.4, 0.5) is 0 Å². The minimum Gasteiger partial charge on any atom is -0.460 e. The Morgan fingerprint density at radius 3 is 1.06 bits per heavy atom. The molecule has 0 aliphatic heterocycles. The third kappa shape index (κ3) is 22.4. The van der Waals surface area contributed by atoms with Gasteiger partial charge in [0.1, 0.15) is 13.2 Å². The summed E-state index contributed by atoms with van der Waals surface area (Å²) in [7, 11) is 0. The zero-order valence-electron chi connectivity index (χ0n) is 33.9. The van der Waals surface area contributed by atoms with Crippen molar-refractivity contribution in [3.05, 3.63) is 59.7 Å². The number of esters is 2. The number of benzene rings is 2. The molecule has 0 fully saturated rings. The van der Waals surface area contributed by atoms with Crippen LogP contribution in [0.2, 0.25) is 0 Å². The van der Waals surface area contributed by atoms with E-state index >= 15 is 0 Å². The molecule has 0 spiro atoms. The van der Waals surface area contributed by atoms with E-state index in [1.165, 1.54) is 103 Å². The number of hydrogen-bond acceptors (Lipinski definition) is 6. The summed E-state index contributed by atoms with van der Waals surface area (Å²) in [5, 5.41) is 0. The Hall–Kier alpha value is -2.70. The number of rotatable bonds is 33. The van der Waals surface area contributed by atoms with Gasteiger partial charge in [-0.1, -0.05) is 167 Å². The van der Waals surface area contributed by atoms with Gasteiger partial charge < -0.3 is 9.47 Å². The van der Waals surface area contributed by atoms with E-state index in [1.54, 1.807) is 0 Å². The van der Waals surface area contributed by atoms with Gasteiger partial charge in [0.25, 0.3) is 0 Å². The highest BCUT2D eigenvalue weighted by atomic mass is 16.5. The second-order valence-electron chi connectivity index (χ2n) is 14.9. The molecule has 52 heavy (non-hydrogen) atoms. The van der Waals surface area contributed by atoms with Gasteiger partial charge in [-0.25, -0.2) is 0 Å². The minimum atomic E-state index is -0.150. The highest BCUT2D eigenvalue weighted by Crippen LogP contribution is 2.23. The summed E-state index contributed by atoms with van der Waals surface area (Å²) < 4.78 is 11.6. The first-order valence-electron chi connectivity index (χ1n) is 21.4. The van der Waals surface area contributed by atoms with E-state index < -0.39 is 0 Å². The van der Waals surface area contributed by atoms with E-state index in [4.69, 9.17) is 9.47 Å². The van der Waals surface area contributed by atoms with Crippen molar-refractivity contribution < 1.29 is 19.1 Å². The summed E-state index contributed by atoms with van der Waals surface area (Å²) in [5.74, 6) is -0.300. The maximum absolute atomic E-state index is 13.0. The van der Waals surface area contributed by atoms with Crippen molar-refractivity contribution >= 4 is 11.9 Å². The van der Waals surface area contributed by atoms with Gasteiger partial charge in [-0.15, -0.1) is 0 Å². The number of nitrogens with zero attached hydrogens (tertiary/aromatic N) is 2. The van der Waals surface area contributed by atoms with Gasteiger partial charge in [0.15, 0.2) is 0 Å². The number of carbonyl (C=O) groups is 2. The average molecular weight is 721 g/mol. The Morgan fingerprint density at radius 2 is 0.750 bits per heavy atom. The van der Waals surface area contributed by atoms with Crippen molar-refractivity contribution in [2.24, 2.45) is 0 Å². The molecule has 2 aromatic carbocycles. The van der Waals surface area contributed by atoms with Crippen molar-refractivity contribution in [1.29, 1.82) is 0 Å². The monoisotopic (exact) mass is 721 g/mol. The lowest BCUT2D eigenvalue weighted by molar-refractivity contribution is -0.147. The lowest BCUT2D eigenvalue weighted by atomic mass is 10.0. The summed E-state index contributed by atoms with van der Waals surface area (Å²) in [6.45, 7) is 14.1. The summed E-state index contributed by atoms with van der Waals surface area (Å²) in [6.07, 6.45) is 24.7. The lowest BCUT2D eigenvalue weighted by Gasteiger charge is -2.21. The zero-order valence-corrected chi connectivity index (χ0v) is 33.9. The maximum atomic E-state index is 13.0. The Morgan fingerprint density at radius 1 is 0.442 bits per heavy atom. The maximum Gasteiger partial charge on any atom is 0.320 e. The predicted molar refractivity (Wildman–Crippen MR) is 219 cm³/mol. The van der Waals surface area contributed by atoms with E-state index in [2.05, 4.69) is 61.8 Å². The largest absolute Gasteiger partial charge is 0.460 e. The van der Waals surface area contributed by atoms with Gasteiger partial charge in [-0.05, 0) is 86.2 Å². The number of carbonyl (C=O) groups excluding carboxylic acids is 2. The fourth-order valence-electron chi connectivity index (χ4n) is 6.76. The highest BCUT2D eigenvalue weighted by Gasteiger charge is 2.14. The van der Waals surface area contributed by atoms with Crippen LogP contribution < -0.4 is 0 Å². The molecule has 6 heteroatoms. The quantitative estimate of drug-likeness (QED) is 0.0540. The van der Waals surface area contributed by atoms with E-state index in [0.29, 0.717) is 13.1 Å². The third-order valence-corrected chi connectivity index (χ3v) is 10.0. The van der Waals surface area contributed by atoms with Gasteiger partial charge in [-0.2, -0.15) is 0 Å². The number of unbranched alkanes of at least 4 members (excludes halogenated alkanes) is 16. The fraction of sp³-hybridized carbons (Fsp3) is 0.696. The molecule has 0 aliphatic carbocycles. The normalized spacial score (nSPS) is 11.4. The predicted octanol–water partition coefficient (Wildman–Crippen LogP) is 11.9. The first-order valence-corrected chi connectivity index (χ1v) is 21.4. The minimum absolute atomic E-state index is 0.150. The van der Waals surface area contributed by atoms with Gasteiger partial charge in [0, 0.05) is 0 Å². The molecule has 6 nitrogen and oxygen atoms in total. The summed E-state index contributed by atoms with van der Waals surface area (Å²) in [6, 6.07) is 16.4. The molecule has 0 saturated carbocycles. The van der Waals surface area contributed by atoms with Crippen LogP contribution in [0.15, 0.2) is 48.5 Å². The summed E-state index contributed by atoms with van der Waals surface area (Å²) in [4.78, 5) is 30.5. The molecule has 0 radical (unpaired) electrons. The van der Waals surface area contributed by atoms with E-state index in [0.717, 1.165) is 74.1 Å². The Labute approximate surface area is 319 Å². The molecule has 0 unspecified atom stereocenters. The highest BCUT2D eigenvalue weighted by molar-refractivity contribution is 5.72. The van der Waals surface area contributed by atoms with E-state index in [1.807, 2.05) is 24.3 Å². The van der Waals surface area contributed by atoms with Crippen molar-refractivity contribution in [2.75, 3.05) is 39.3 Å². The molecule has 294 valence electrons. The average Bonchev–Trinajstić information content (AvgIpc) is 3.16. The van der Waals surface area contributed by atoms with Crippen LogP contribution in [-0.4, -0.2) is 61.0 Å². The molecule has 0 aromatic heterocycles. The van der Waals surface area contributed by atoms with Crippen LogP contribution in [-0.2, 0) is 32.3 Å². The van der Waals surface area contributed by atoms with Crippen molar-refractivity contribution in [1.82, 2.24) is 9.80 Å². The third-order valence-electron chi connectivity index (χ3n) is 10.0. The summed E-state index contributed by atoms with van der Waals surface area (Å²) in [5.41, 5.74) is 4.05. The number of hydrogen-bond donors (Lipinski definition) is 0. The molecule has 0 bridgehead atoms. The molecule has 2 rings (SSSR count). The lowest BCUT2D eigenvalue weighted by Crippen LogP contribution is -2.32. The van der Waals surface area contributed by atoms with Crippen molar-refractivity contribution in [3.8, 4) is 11.1 Å². The van der Waals surface area contributed by atoms with Crippen LogP contribution in [0.25, 0.3) is 11.1 Å². The molecular weight excluding hydrogens is 645 g/mol. The molecule has 0 saturated heterocycles. The topological polar surface area (TPSA) is 59.1 Å². The molecule has 2 aromatic rings. The Kier molecular flexibility index (Phi) is 26.9. The van der Waals surface area contributed by atoms with Crippen LogP contribution in [0.1, 0.15) is 167 Å². The Bertz CT molecular complexity index is 1060. The second-order valence-corrected chi connectivity index (χ2v) is 14.9.